The number of alkyl halides is 1. The molecule has 0 aliphatic rings. The quantitative estimate of drug-likeness (QED) is 0.643. The molecule has 0 aliphatic heterocycles. The summed E-state index contributed by atoms with van der Waals surface area (Å²) < 4.78 is 12.8. The van der Waals surface area contributed by atoms with E-state index in [0.717, 1.165) is 12.1 Å². The van der Waals surface area contributed by atoms with Crippen LogP contribution in [0.1, 0.15) is 15.9 Å². The average molecular weight is 247 g/mol. The molecule has 0 spiro atoms. The second-order valence-electron chi connectivity index (χ2n) is 2.65. The van der Waals surface area contributed by atoms with E-state index in [0.29, 0.717) is 5.56 Å². The van der Waals surface area contributed by atoms with Gasteiger partial charge < -0.3 is 5.11 Å². The van der Waals surface area contributed by atoms with Gasteiger partial charge in [-0.1, -0.05) is 15.9 Å². The molecule has 0 radical (unpaired) electrons. The molecule has 1 N–H and O–H groups in total. The van der Waals surface area contributed by atoms with Crippen molar-refractivity contribution < 1.29 is 14.3 Å². The van der Waals surface area contributed by atoms with Gasteiger partial charge in [-0.25, -0.2) is 4.39 Å². The Kier molecular flexibility index (Phi) is 3.03. The van der Waals surface area contributed by atoms with E-state index < -0.39 is 5.82 Å². The first kappa shape index (κ1) is 10.2. The van der Waals surface area contributed by atoms with Crippen LogP contribution in [0.3, 0.4) is 0 Å². The van der Waals surface area contributed by atoms with Gasteiger partial charge in [0.2, 0.25) is 0 Å². The molecule has 0 aliphatic carbocycles. The van der Waals surface area contributed by atoms with Crippen LogP contribution in [0.15, 0.2) is 12.1 Å². The highest BCUT2D eigenvalue weighted by molar-refractivity contribution is 9.09. The van der Waals surface area contributed by atoms with Gasteiger partial charge in [-0.2, -0.15) is 0 Å². The van der Waals surface area contributed by atoms with E-state index >= 15 is 0 Å². The molecule has 13 heavy (non-hydrogen) atoms. The maximum Gasteiger partial charge on any atom is 0.173 e. The number of carbonyl (C=O) groups excluding carboxylic acids is 1. The molecule has 1 aromatic rings. The van der Waals surface area contributed by atoms with E-state index in [1.807, 2.05) is 0 Å². The third-order valence-corrected chi connectivity index (χ3v) is 2.28. The van der Waals surface area contributed by atoms with Crippen LogP contribution in [0, 0.1) is 12.7 Å². The van der Waals surface area contributed by atoms with Gasteiger partial charge in [0.15, 0.2) is 5.78 Å². The lowest BCUT2D eigenvalue weighted by Crippen LogP contribution is -2.03. The highest BCUT2D eigenvalue weighted by atomic mass is 79.9. The minimum absolute atomic E-state index is 0.122. The van der Waals surface area contributed by atoms with Crippen LogP contribution >= 0.6 is 15.9 Å². The Labute approximate surface area is 83.5 Å². The molecule has 0 unspecified atom stereocenters. The number of phenols is 1. The minimum Gasteiger partial charge on any atom is -0.508 e. The zero-order valence-corrected chi connectivity index (χ0v) is 8.56. The van der Waals surface area contributed by atoms with Crippen LogP contribution in [-0.2, 0) is 0 Å². The van der Waals surface area contributed by atoms with E-state index in [9.17, 15) is 14.3 Å². The average Bonchev–Trinajstić information content (AvgIpc) is 2.10. The predicted molar refractivity (Wildman–Crippen MR) is 50.9 cm³/mol. The molecule has 0 atom stereocenters. The lowest BCUT2D eigenvalue weighted by atomic mass is 10.0. The summed E-state index contributed by atoms with van der Waals surface area (Å²) in [7, 11) is 0. The largest absolute Gasteiger partial charge is 0.508 e. The van der Waals surface area contributed by atoms with Crippen molar-refractivity contribution in [3.05, 3.63) is 29.1 Å². The molecule has 0 heterocycles. The Bertz CT molecular complexity index is 350. The molecule has 1 rings (SSSR count). The molecule has 4 heteroatoms. The molecule has 0 fully saturated rings. The molecule has 1 aromatic carbocycles. The Morgan fingerprint density at radius 2 is 2.23 bits per heavy atom. The van der Waals surface area contributed by atoms with Crippen molar-refractivity contribution in [3.63, 3.8) is 0 Å². The van der Waals surface area contributed by atoms with E-state index in [2.05, 4.69) is 15.9 Å². The van der Waals surface area contributed by atoms with Crippen LogP contribution < -0.4 is 0 Å². The molecule has 2 nitrogen and oxygen atoms in total. The monoisotopic (exact) mass is 246 g/mol. The number of aromatic hydroxyl groups is 1. The maximum atomic E-state index is 12.8. The Balaban J connectivity index is 3.28. The lowest BCUT2D eigenvalue weighted by Gasteiger charge is -2.04. The smallest absolute Gasteiger partial charge is 0.173 e. The highest BCUT2D eigenvalue weighted by Crippen LogP contribution is 2.22. The van der Waals surface area contributed by atoms with Crippen LogP contribution in [0.4, 0.5) is 4.39 Å². The number of hydrogen-bond donors (Lipinski definition) is 1. The second-order valence-corrected chi connectivity index (χ2v) is 3.22. The Hall–Kier alpha value is -0.900. The van der Waals surface area contributed by atoms with Crippen molar-refractivity contribution in [2.24, 2.45) is 0 Å². The summed E-state index contributed by atoms with van der Waals surface area (Å²) >= 11 is 2.98. The van der Waals surface area contributed by atoms with Crippen molar-refractivity contribution in [2.45, 2.75) is 6.92 Å². The standard InChI is InChI=1S/C9H8BrFO2/c1-5-7(9(13)4-10)2-6(11)3-8(5)12/h2-3,12H,4H2,1H3. The highest BCUT2D eigenvalue weighted by Gasteiger charge is 2.12. The summed E-state index contributed by atoms with van der Waals surface area (Å²) in [5, 5.41) is 9.34. The van der Waals surface area contributed by atoms with Gasteiger partial charge >= 0.3 is 0 Å². The van der Waals surface area contributed by atoms with E-state index in [-0.39, 0.29) is 22.4 Å². The fourth-order valence-electron chi connectivity index (χ4n) is 1.03. The van der Waals surface area contributed by atoms with E-state index in [4.69, 9.17) is 0 Å². The van der Waals surface area contributed by atoms with Crippen molar-refractivity contribution in [1.82, 2.24) is 0 Å². The van der Waals surface area contributed by atoms with Crippen molar-refractivity contribution >= 4 is 21.7 Å². The summed E-state index contributed by atoms with van der Waals surface area (Å²) in [5.41, 5.74) is 0.625. The first-order chi connectivity index (χ1) is 6.06. The van der Waals surface area contributed by atoms with Crippen molar-refractivity contribution in [2.75, 3.05) is 5.33 Å². The summed E-state index contributed by atoms with van der Waals surface area (Å²) in [4.78, 5) is 11.2. The zero-order valence-electron chi connectivity index (χ0n) is 6.97. The number of halogens is 2. The Morgan fingerprint density at radius 1 is 1.62 bits per heavy atom. The molecular weight excluding hydrogens is 239 g/mol. The molecule has 0 aromatic heterocycles. The van der Waals surface area contributed by atoms with Crippen LogP contribution in [0.25, 0.3) is 0 Å². The number of ketones is 1. The SMILES string of the molecule is Cc1c(O)cc(F)cc1C(=O)CBr. The number of phenolic OH excluding ortho intramolecular Hbond substituents is 1. The summed E-state index contributed by atoms with van der Waals surface area (Å²) in [6.45, 7) is 1.57. The first-order valence-electron chi connectivity index (χ1n) is 3.64. The molecule has 0 saturated carbocycles. The first-order valence-corrected chi connectivity index (χ1v) is 4.76. The predicted octanol–water partition coefficient (Wildman–Crippen LogP) is 2.42. The van der Waals surface area contributed by atoms with Gasteiger partial charge in [-0.15, -0.1) is 0 Å². The van der Waals surface area contributed by atoms with Gasteiger partial charge in [0.05, 0.1) is 5.33 Å². The van der Waals surface area contributed by atoms with Gasteiger partial charge in [-0.05, 0) is 13.0 Å². The third-order valence-electron chi connectivity index (χ3n) is 1.77. The minimum atomic E-state index is -0.604. The van der Waals surface area contributed by atoms with Crippen LogP contribution in [0.5, 0.6) is 5.75 Å². The molecule has 0 amide bonds. The Morgan fingerprint density at radius 3 is 2.77 bits per heavy atom. The molecule has 70 valence electrons. The fourth-order valence-corrected chi connectivity index (χ4v) is 1.33. The summed E-state index contributed by atoms with van der Waals surface area (Å²) in [6, 6.07) is 2.11. The lowest BCUT2D eigenvalue weighted by molar-refractivity contribution is 0.102. The number of carbonyl (C=O) groups is 1. The number of hydrogen-bond acceptors (Lipinski definition) is 2. The fraction of sp³-hybridized carbons (Fsp3) is 0.222. The third kappa shape index (κ3) is 2.06. The van der Waals surface area contributed by atoms with Gasteiger partial charge in [0.1, 0.15) is 11.6 Å². The number of rotatable bonds is 2. The molecule has 0 saturated heterocycles. The second kappa shape index (κ2) is 3.87. The van der Waals surface area contributed by atoms with Crippen molar-refractivity contribution in [3.8, 4) is 5.75 Å². The number of Topliss-reactive ketones (excluding diaryl/α,β-unsaturated/α-hetero) is 1. The summed E-state index contributed by atoms with van der Waals surface area (Å²) in [6.07, 6.45) is 0. The van der Waals surface area contributed by atoms with Gasteiger partial charge in [-0.3, -0.25) is 4.79 Å². The van der Waals surface area contributed by atoms with Gasteiger partial charge in [0.25, 0.3) is 0 Å². The maximum absolute atomic E-state index is 12.8. The molecular formula is C9H8BrFO2. The molecule has 0 bridgehead atoms. The number of benzene rings is 1. The zero-order chi connectivity index (χ0) is 10.0. The van der Waals surface area contributed by atoms with Crippen molar-refractivity contribution in [1.29, 1.82) is 0 Å². The normalized spacial score (nSPS) is 10.1. The van der Waals surface area contributed by atoms with Crippen LogP contribution in [0.2, 0.25) is 0 Å². The summed E-state index contributed by atoms with van der Waals surface area (Å²) in [5.74, 6) is -1.04. The van der Waals surface area contributed by atoms with E-state index in [1.54, 1.807) is 6.92 Å². The van der Waals surface area contributed by atoms with Crippen LogP contribution in [-0.4, -0.2) is 16.2 Å². The van der Waals surface area contributed by atoms with Gasteiger partial charge in [0, 0.05) is 17.2 Å². The van der Waals surface area contributed by atoms with E-state index in [1.165, 1.54) is 0 Å². The topological polar surface area (TPSA) is 37.3 Å².